The average Bonchev–Trinajstić information content (AvgIpc) is 3.38. The van der Waals surface area contributed by atoms with Crippen LogP contribution in [-0.2, 0) is 9.59 Å². The summed E-state index contributed by atoms with van der Waals surface area (Å²) in [5.41, 5.74) is 3.15. The Balaban J connectivity index is 3.47. The van der Waals surface area contributed by atoms with Gasteiger partial charge in [-0.05, 0) is 55.9 Å². The molecule has 0 radical (unpaired) electrons. The van der Waals surface area contributed by atoms with Crippen LogP contribution in [-0.4, -0.2) is 23.3 Å². The second-order valence-electron chi connectivity index (χ2n) is 19.6. The van der Waals surface area contributed by atoms with E-state index in [1.165, 1.54) is 138 Å². The Labute approximate surface area is 381 Å². The Morgan fingerprint density at radius 1 is 0.610 bits per heavy atom. The molecule has 0 aliphatic carbocycles. The largest absolute Gasteiger partial charge is 0.274 e. The maximum absolute atomic E-state index is 14.4. The van der Waals surface area contributed by atoms with Crippen molar-refractivity contribution in [2.75, 3.05) is 6.54 Å². The number of hydrogen-bond donors (Lipinski definition) is 2. The summed E-state index contributed by atoms with van der Waals surface area (Å²) in [4.78, 5) is 33.1. The van der Waals surface area contributed by atoms with Crippen molar-refractivity contribution in [1.29, 1.82) is 0 Å². The van der Waals surface area contributed by atoms with Crippen LogP contribution in [0.25, 0.3) is 0 Å². The molecule has 1 aliphatic rings. The van der Waals surface area contributed by atoms with E-state index in [0.29, 0.717) is 22.6 Å². The van der Waals surface area contributed by atoms with Crippen molar-refractivity contribution >= 4 is 48.8 Å². The van der Waals surface area contributed by atoms with Crippen LogP contribution in [0.4, 0.5) is 0 Å². The Morgan fingerprint density at radius 2 is 1.03 bits per heavy atom. The fourth-order valence-corrected chi connectivity index (χ4v) is 9.45. The average molecular weight is 871 g/mol. The van der Waals surface area contributed by atoms with E-state index in [4.69, 9.17) is 25.3 Å². The number of thioether (sulfide) groups is 1. The lowest BCUT2D eigenvalue weighted by Gasteiger charge is -2.18. The predicted octanol–water partition coefficient (Wildman–Crippen LogP) is 18.0. The van der Waals surface area contributed by atoms with E-state index in [-0.39, 0.29) is 22.6 Å². The van der Waals surface area contributed by atoms with Crippen LogP contribution in [0.5, 0.6) is 0 Å². The molecular formula is C53H91NO2S3. The highest BCUT2D eigenvalue weighted by molar-refractivity contribution is 8.09. The molecule has 3 nitrogen and oxygen atoms in total. The van der Waals surface area contributed by atoms with Gasteiger partial charge in [-0.1, -0.05) is 239 Å². The first-order valence-electron chi connectivity index (χ1n) is 24.2. The number of carbonyl (C=O) groups excluding carboxylic acids is 2. The zero-order valence-corrected chi connectivity index (χ0v) is 42.7. The van der Waals surface area contributed by atoms with Crippen molar-refractivity contribution in [2.45, 2.75) is 236 Å². The van der Waals surface area contributed by atoms with Gasteiger partial charge in [0.15, 0.2) is 0 Å². The van der Waals surface area contributed by atoms with Crippen molar-refractivity contribution in [2.24, 2.45) is 10.8 Å². The van der Waals surface area contributed by atoms with Gasteiger partial charge in [0.25, 0.3) is 11.8 Å². The van der Waals surface area contributed by atoms with E-state index in [2.05, 4.69) is 88.0 Å². The van der Waals surface area contributed by atoms with E-state index in [0.717, 1.165) is 59.7 Å². The number of likely N-dealkylation sites (tertiary alicyclic amines) is 1. The number of hydrogen-bond acceptors (Lipinski definition) is 5. The van der Waals surface area contributed by atoms with Gasteiger partial charge >= 0.3 is 0 Å². The molecule has 2 amide bonds. The van der Waals surface area contributed by atoms with Gasteiger partial charge in [-0.25, -0.2) is 0 Å². The molecule has 0 aromatic rings. The SMILES string of the molecule is C=C(SC(=C(\C)CCCCCCCCCCC)/C(S)=C1\C(=O)N(CCCCCCCC)C(=O)\C1=C/C(C)(C)C)/C(S)=C/C(=C/C(C)(C)C)CCCCCCCCCCC. The fraction of sp³-hybridized carbons (Fsp3) is 0.736. The third-order valence-corrected chi connectivity index (χ3v) is 13.4. The van der Waals surface area contributed by atoms with Gasteiger partial charge in [-0.3, -0.25) is 14.5 Å². The van der Waals surface area contributed by atoms with Crippen LogP contribution in [0.15, 0.2) is 66.7 Å². The van der Waals surface area contributed by atoms with Crippen molar-refractivity contribution in [3.8, 4) is 0 Å². The number of thiol groups is 2. The summed E-state index contributed by atoms with van der Waals surface area (Å²) >= 11 is 11.8. The van der Waals surface area contributed by atoms with Gasteiger partial charge in [0, 0.05) is 26.2 Å². The van der Waals surface area contributed by atoms with Crippen molar-refractivity contribution < 1.29 is 9.59 Å². The van der Waals surface area contributed by atoms with Gasteiger partial charge in [0.2, 0.25) is 0 Å². The first kappa shape index (κ1) is 55.6. The quantitative estimate of drug-likeness (QED) is 0.0233. The highest BCUT2D eigenvalue weighted by atomic mass is 32.2. The number of rotatable bonds is 32. The molecule has 1 rings (SSSR count). The van der Waals surface area contributed by atoms with E-state index >= 15 is 0 Å². The molecule has 59 heavy (non-hydrogen) atoms. The first-order chi connectivity index (χ1) is 28.0. The Bertz CT molecular complexity index is 1410. The van der Waals surface area contributed by atoms with Crippen LogP contribution < -0.4 is 0 Å². The lowest BCUT2D eigenvalue weighted by Crippen LogP contribution is -2.30. The van der Waals surface area contributed by atoms with Crippen LogP contribution in [0.3, 0.4) is 0 Å². The normalized spacial score (nSPS) is 16.5. The fourth-order valence-electron chi connectivity index (χ4n) is 7.72. The zero-order chi connectivity index (χ0) is 44.3. The Hall–Kier alpha value is -1.37. The van der Waals surface area contributed by atoms with Gasteiger partial charge in [-0.15, -0.1) is 25.3 Å². The van der Waals surface area contributed by atoms with Crippen molar-refractivity contribution in [3.63, 3.8) is 0 Å². The standard InChI is InChI=1S/C53H91NO2S3/c1-12-15-18-21-24-26-28-30-33-36-42(4)49(48(58)47-45(41-53(9,10)11)50(55)54(51(47)56)38-35-32-23-20-17-14-3)59-43(5)46(57)39-44(40-52(6,7)8)37-34-31-29-27-25-22-19-16-13-2/h39-41,57-58H,5,12-38H2,1-4,6-11H3/b44-40+,45-41-,46-39-,48-47+,49-42+. The molecule has 6 heteroatoms. The number of carbonyl (C=O) groups is 2. The van der Waals surface area contributed by atoms with E-state index < -0.39 is 0 Å². The molecule has 0 aromatic heterocycles. The minimum atomic E-state index is -0.293. The first-order valence-corrected chi connectivity index (χ1v) is 25.9. The molecule has 1 aliphatic heterocycles. The highest BCUT2D eigenvalue weighted by Gasteiger charge is 2.41. The molecule has 1 fully saturated rings. The summed E-state index contributed by atoms with van der Waals surface area (Å²) in [6.45, 7) is 27.0. The molecule has 0 N–H and O–H groups in total. The summed E-state index contributed by atoms with van der Waals surface area (Å²) in [5.74, 6) is -0.412. The third kappa shape index (κ3) is 24.8. The predicted molar refractivity (Wildman–Crippen MR) is 271 cm³/mol. The third-order valence-electron chi connectivity index (χ3n) is 11.0. The van der Waals surface area contributed by atoms with Crippen LogP contribution >= 0.6 is 37.0 Å². The number of unbranched alkanes of at least 4 members (excludes halogenated alkanes) is 21. The molecule has 338 valence electrons. The molecule has 1 heterocycles. The van der Waals surface area contributed by atoms with Crippen molar-refractivity contribution in [1.82, 2.24) is 4.90 Å². The van der Waals surface area contributed by atoms with Gasteiger partial charge in [0.1, 0.15) is 0 Å². The van der Waals surface area contributed by atoms with Crippen LogP contribution in [0.2, 0.25) is 0 Å². The maximum Gasteiger partial charge on any atom is 0.262 e. The summed E-state index contributed by atoms with van der Waals surface area (Å²) in [7, 11) is 0. The topological polar surface area (TPSA) is 37.4 Å². The molecular weight excluding hydrogens is 779 g/mol. The molecule has 0 unspecified atom stereocenters. The second kappa shape index (κ2) is 31.5. The summed E-state index contributed by atoms with van der Waals surface area (Å²) < 4.78 is 0. The number of allylic oxidation sites excluding steroid dienone is 5. The zero-order valence-electron chi connectivity index (χ0n) is 40.1. The van der Waals surface area contributed by atoms with Crippen LogP contribution in [0.1, 0.15) is 236 Å². The molecule has 0 aromatic carbocycles. The van der Waals surface area contributed by atoms with Gasteiger partial charge in [-0.2, -0.15) is 0 Å². The molecule has 0 atom stereocenters. The van der Waals surface area contributed by atoms with E-state index in [9.17, 15) is 9.59 Å². The molecule has 0 bridgehead atoms. The number of amides is 2. The van der Waals surface area contributed by atoms with Gasteiger partial charge < -0.3 is 0 Å². The van der Waals surface area contributed by atoms with Crippen molar-refractivity contribution in [3.05, 3.63) is 66.7 Å². The monoisotopic (exact) mass is 870 g/mol. The second-order valence-corrected chi connectivity index (χ2v) is 21.6. The summed E-state index contributed by atoms with van der Waals surface area (Å²) in [6.07, 6.45) is 38.3. The number of imide groups is 1. The summed E-state index contributed by atoms with van der Waals surface area (Å²) in [6, 6.07) is 0. The Morgan fingerprint density at radius 3 is 1.47 bits per heavy atom. The minimum absolute atomic E-state index is 0.0417. The minimum Gasteiger partial charge on any atom is -0.274 e. The lowest BCUT2D eigenvalue weighted by atomic mass is 9.91. The molecule has 1 saturated heterocycles. The Kier molecular flexibility index (Phi) is 29.7. The summed E-state index contributed by atoms with van der Waals surface area (Å²) in [5, 5.41) is 0. The smallest absolute Gasteiger partial charge is 0.262 e. The van der Waals surface area contributed by atoms with Gasteiger partial charge in [0.05, 0.1) is 11.1 Å². The maximum atomic E-state index is 14.4. The van der Waals surface area contributed by atoms with E-state index in [1.807, 2.05) is 6.08 Å². The molecule has 0 spiro atoms. The molecule has 0 saturated carbocycles. The lowest BCUT2D eigenvalue weighted by molar-refractivity contribution is -0.136. The van der Waals surface area contributed by atoms with Crippen LogP contribution in [0, 0.1) is 10.8 Å². The highest BCUT2D eigenvalue weighted by Crippen LogP contribution is 2.44. The van der Waals surface area contributed by atoms with E-state index in [1.54, 1.807) is 11.8 Å². The number of nitrogens with zero attached hydrogens (tertiary/aromatic N) is 1.